The second-order valence-corrected chi connectivity index (χ2v) is 11.2. The Bertz CT molecular complexity index is 1680. The zero-order valence-corrected chi connectivity index (χ0v) is 24.0. The molecule has 4 nitrogen and oxygen atoms in total. The highest BCUT2D eigenvalue weighted by atomic mass is 15.1. The highest BCUT2D eigenvalue weighted by Crippen LogP contribution is 2.17. The Morgan fingerprint density at radius 3 is 1.27 bits per heavy atom. The van der Waals surface area contributed by atoms with E-state index < -0.39 is 0 Å². The number of allylic oxidation sites excluding steroid dienone is 2. The summed E-state index contributed by atoms with van der Waals surface area (Å²) in [6.07, 6.45) is 9.11. The topological polar surface area (TPSA) is 17.6 Å². The molecule has 0 atom stereocenters. The van der Waals surface area contributed by atoms with Gasteiger partial charge in [0, 0.05) is 0 Å². The van der Waals surface area contributed by atoms with Crippen LogP contribution in [0, 0.1) is 27.7 Å². The SMILES string of the molecule is Cc1ccc(Cn2c[n+](C/C=C\C[n+]3cn(Cc4ccc(C)cc4)c4cc(C)ccc43)c3ccc(C)cc32)cc1. The second-order valence-electron chi connectivity index (χ2n) is 11.2. The average Bonchev–Trinajstić information content (AvgIpc) is 3.45. The zero-order valence-electron chi connectivity index (χ0n) is 24.0. The van der Waals surface area contributed by atoms with Crippen LogP contribution in [0.3, 0.4) is 0 Å². The molecule has 0 aliphatic heterocycles. The molecule has 0 saturated heterocycles. The first-order valence-electron chi connectivity index (χ1n) is 14.2. The van der Waals surface area contributed by atoms with Gasteiger partial charge >= 0.3 is 0 Å². The van der Waals surface area contributed by atoms with E-state index in [1.807, 2.05) is 0 Å². The van der Waals surface area contributed by atoms with E-state index in [9.17, 15) is 0 Å². The molecule has 0 radical (unpaired) electrons. The van der Waals surface area contributed by atoms with Crippen LogP contribution in [0.4, 0.5) is 0 Å². The first-order valence-corrected chi connectivity index (χ1v) is 14.2. The summed E-state index contributed by atoms with van der Waals surface area (Å²) in [6.45, 7) is 12.0. The minimum atomic E-state index is 0.835. The van der Waals surface area contributed by atoms with Crippen LogP contribution < -0.4 is 9.13 Å². The van der Waals surface area contributed by atoms with E-state index in [2.05, 4.69) is 156 Å². The lowest BCUT2D eigenvalue weighted by molar-refractivity contribution is -0.666. The number of aryl methyl sites for hydroxylation is 4. The van der Waals surface area contributed by atoms with Gasteiger partial charge in [0.1, 0.15) is 26.2 Å². The molecular formula is C36H38N4+2. The van der Waals surface area contributed by atoms with E-state index in [1.165, 1.54) is 55.4 Å². The molecule has 0 saturated carbocycles. The number of imidazole rings is 2. The van der Waals surface area contributed by atoms with Crippen molar-refractivity contribution in [1.29, 1.82) is 0 Å². The molecule has 2 aromatic heterocycles. The molecule has 0 spiro atoms. The normalized spacial score (nSPS) is 11.8. The Hall–Kier alpha value is -4.44. The number of rotatable bonds is 8. The molecular weight excluding hydrogens is 488 g/mol. The van der Waals surface area contributed by atoms with Gasteiger partial charge in [-0.3, -0.25) is 0 Å². The summed E-state index contributed by atoms with van der Waals surface area (Å²) < 4.78 is 9.45. The molecule has 40 heavy (non-hydrogen) atoms. The predicted molar refractivity (Wildman–Crippen MR) is 163 cm³/mol. The average molecular weight is 527 g/mol. The predicted octanol–water partition coefficient (Wildman–Crippen LogP) is 6.76. The van der Waals surface area contributed by atoms with Crippen molar-refractivity contribution in [2.24, 2.45) is 0 Å². The number of hydrogen-bond donors (Lipinski definition) is 0. The Morgan fingerprint density at radius 2 is 0.875 bits per heavy atom. The van der Waals surface area contributed by atoms with Crippen molar-refractivity contribution in [3.63, 3.8) is 0 Å². The summed E-state index contributed by atoms with van der Waals surface area (Å²) in [6, 6.07) is 31.2. The lowest BCUT2D eigenvalue weighted by atomic mass is 10.1. The van der Waals surface area contributed by atoms with Gasteiger partial charge in [0.25, 0.3) is 0 Å². The van der Waals surface area contributed by atoms with Crippen LogP contribution in [-0.4, -0.2) is 9.13 Å². The third kappa shape index (κ3) is 5.48. The monoisotopic (exact) mass is 526 g/mol. The third-order valence-electron chi connectivity index (χ3n) is 7.78. The molecule has 2 heterocycles. The largest absolute Gasteiger partial charge is 0.245 e. The number of hydrogen-bond acceptors (Lipinski definition) is 0. The van der Waals surface area contributed by atoms with E-state index >= 15 is 0 Å². The Balaban J connectivity index is 1.23. The van der Waals surface area contributed by atoms with Gasteiger partial charge in [-0.15, -0.1) is 0 Å². The van der Waals surface area contributed by atoms with Gasteiger partial charge in [-0.1, -0.05) is 71.8 Å². The van der Waals surface area contributed by atoms with Gasteiger partial charge in [-0.2, -0.15) is 0 Å². The molecule has 0 fully saturated rings. The van der Waals surface area contributed by atoms with E-state index in [0.29, 0.717) is 0 Å². The highest BCUT2D eigenvalue weighted by molar-refractivity contribution is 5.73. The summed E-state index contributed by atoms with van der Waals surface area (Å²) in [5.74, 6) is 0. The molecule has 200 valence electrons. The molecule has 0 unspecified atom stereocenters. The van der Waals surface area contributed by atoms with Gasteiger partial charge in [0.15, 0.2) is 22.1 Å². The van der Waals surface area contributed by atoms with Crippen LogP contribution in [0.2, 0.25) is 0 Å². The van der Waals surface area contributed by atoms with Crippen LogP contribution in [0.25, 0.3) is 22.1 Å². The molecule has 6 rings (SSSR count). The van der Waals surface area contributed by atoms with Crippen LogP contribution in [0.15, 0.2) is 110 Å². The smallest absolute Gasteiger partial charge is 0.226 e. The van der Waals surface area contributed by atoms with Crippen molar-refractivity contribution < 1.29 is 9.13 Å². The Morgan fingerprint density at radius 1 is 0.500 bits per heavy atom. The van der Waals surface area contributed by atoms with Gasteiger partial charge < -0.3 is 0 Å². The van der Waals surface area contributed by atoms with Crippen molar-refractivity contribution in [2.75, 3.05) is 0 Å². The van der Waals surface area contributed by atoms with Crippen LogP contribution in [0.1, 0.15) is 33.4 Å². The zero-order chi connectivity index (χ0) is 27.6. The molecule has 0 aliphatic rings. The lowest BCUT2D eigenvalue weighted by Crippen LogP contribution is -2.33. The Kier molecular flexibility index (Phi) is 7.08. The number of aromatic nitrogens is 4. The minimum absolute atomic E-state index is 0.835. The van der Waals surface area contributed by atoms with Crippen molar-refractivity contribution in [3.05, 3.63) is 143 Å². The number of benzene rings is 4. The summed E-state index contributed by atoms with van der Waals surface area (Å²) >= 11 is 0. The maximum Gasteiger partial charge on any atom is 0.245 e. The number of fused-ring (bicyclic) bond motifs is 2. The van der Waals surface area contributed by atoms with Crippen molar-refractivity contribution in [3.8, 4) is 0 Å². The van der Waals surface area contributed by atoms with Crippen molar-refractivity contribution >= 4 is 22.1 Å². The van der Waals surface area contributed by atoms with Gasteiger partial charge in [-0.05, 0) is 86.4 Å². The van der Waals surface area contributed by atoms with Crippen LogP contribution in [-0.2, 0) is 26.2 Å². The molecule has 0 aliphatic carbocycles. The fourth-order valence-electron chi connectivity index (χ4n) is 5.50. The highest BCUT2D eigenvalue weighted by Gasteiger charge is 2.17. The van der Waals surface area contributed by atoms with Crippen molar-refractivity contribution in [2.45, 2.75) is 53.9 Å². The first kappa shape index (κ1) is 25.8. The third-order valence-corrected chi connectivity index (χ3v) is 7.78. The van der Waals surface area contributed by atoms with E-state index in [4.69, 9.17) is 0 Å². The second kappa shape index (κ2) is 11.0. The summed E-state index contributed by atoms with van der Waals surface area (Å²) in [7, 11) is 0. The van der Waals surface area contributed by atoms with Crippen LogP contribution in [0.5, 0.6) is 0 Å². The molecule has 4 aromatic carbocycles. The molecule has 0 bridgehead atoms. The van der Waals surface area contributed by atoms with E-state index in [-0.39, 0.29) is 0 Å². The minimum Gasteiger partial charge on any atom is -0.226 e. The molecule has 4 heteroatoms. The fourth-order valence-corrected chi connectivity index (χ4v) is 5.50. The van der Waals surface area contributed by atoms with Gasteiger partial charge in [-0.25, -0.2) is 18.3 Å². The standard InChI is InChI=1S/C36H38N4/c1-27-7-13-31(14-8-27)23-39-25-37(33-17-11-29(3)21-35(33)39)19-5-6-20-38-26-40(24-32-15-9-28(2)10-16-32)36-22-30(4)12-18-34(36)38/h5-18,21-22,25-26H,19-20,23-24H2,1-4H3/q+2/b6-5-. The van der Waals surface area contributed by atoms with E-state index in [1.54, 1.807) is 0 Å². The summed E-state index contributed by atoms with van der Waals surface area (Å²) in [5, 5.41) is 0. The molecule has 6 aromatic rings. The lowest BCUT2D eigenvalue weighted by Gasteiger charge is -2.00. The fraction of sp³-hybridized carbons (Fsp3) is 0.222. The van der Waals surface area contributed by atoms with Crippen LogP contribution >= 0.6 is 0 Å². The number of nitrogens with zero attached hydrogens (tertiary/aromatic N) is 4. The first-order chi connectivity index (χ1) is 19.4. The molecule has 0 amide bonds. The molecule has 0 N–H and O–H groups in total. The Labute approximate surface area is 237 Å². The van der Waals surface area contributed by atoms with Gasteiger partial charge in [0.05, 0.1) is 0 Å². The quantitative estimate of drug-likeness (QED) is 0.154. The van der Waals surface area contributed by atoms with E-state index in [0.717, 1.165) is 26.2 Å². The summed E-state index contributed by atoms with van der Waals surface area (Å²) in [5.41, 5.74) is 12.9. The maximum atomic E-state index is 2.37. The maximum absolute atomic E-state index is 2.37. The summed E-state index contributed by atoms with van der Waals surface area (Å²) in [4.78, 5) is 0. The van der Waals surface area contributed by atoms with Crippen molar-refractivity contribution in [1.82, 2.24) is 9.13 Å². The van der Waals surface area contributed by atoms with Gasteiger partial charge in [0.2, 0.25) is 12.7 Å².